The number of nitrogens with zero attached hydrogens (tertiary/aromatic N) is 1. The van der Waals surface area contributed by atoms with Gasteiger partial charge in [-0.2, -0.15) is 8.42 Å². The zero-order valence-electron chi connectivity index (χ0n) is 15.7. The van der Waals surface area contributed by atoms with Crippen LogP contribution in [-0.4, -0.2) is 21.2 Å². The van der Waals surface area contributed by atoms with Gasteiger partial charge in [0.05, 0.1) is 12.3 Å². The minimum absolute atomic E-state index is 0.0928. The number of hydrogen-bond donors (Lipinski definition) is 0. The van der Waals surface area contributed by atoms with Crippen LogP contribution in [0.1, 0.15) is 18.1 Å². The van der Waals surface area contributed by atoms with Crippen molar-refractivity contribution in [3.63, 3.8) is 0 Å². The molecule has 3 aromatic rings. The standard InChI is InChI=1S/C22H21NO4S/c1-3-26-22-15-18(16-23-19-7-5-4-6-8-19)11-14-21(22)27-28(24,25)20-12-9-17(2)10-13-20/h4-16H,3H2,1-2H3. The molecule has 0 N–H and O–H groups in total. The summed E-state index contributed by atoms with van der Waals surface area (Å²) in [6.45, 7) is 4.09. The SMILES string of the molecule is CCOc1cc(C=Nc2ccccc2)ccc1OS(=O)(=O)c1ccc(C)cc1. The third kappa shape index (κ3) is 4.98. The van der Waals surface area contributed by atoms with Crippen LogP contribution in [-0.2, 0) is 10.1 Å². The number of benzene rings is 3. The topological polar surface area (TPSA) is 65.0 Å². The van der Waals surface area contributed by atoms with Gasteiger partial charge in [-0.3, -0.25) is 4.99 Å². The van der Waals surface area contributed by atoms with Gasteiger partial charge in [-0.25, -0.2) is 0 Å². The Morgan fingerprint density at radius 3 is 2.32 bits per heavy atom. The van der Waals surface area contributed by atoms with Gasteiger partial charge in [-0.15, -0.1) is 0 Å². The van der Waals surface area contributed by atoms with Gasteiger partial charge in [-0.05, 0) is 61.9 Å². The fourth-order valence-corrected chi connectivity index (χ4v) is 3.42. The Labute approximate surface area is 165 Å². The Kier molecular flexibility index (Phi) is 6.11. The maximum atomic E-state index is 12.6. The van der Waals surface area contributed by atoms with Crippen LogP contribution < -0.4 is 8.92 Å². The summed E-state index contributed by atoms with van der Waals surface area (Å²) in [6, 6.07) is 21.0. The fraction of sp³-hybridized carbons (Fsp3) is 0.136. The second-order valence-electron chi connectivity index (χ2n) is 6.08. The van der Waals surface area contributed by atoms with Gasteiger partial charge in [0.1, 0.15) is 4.90 Å². The first-order valence-electron chi connectivity index (χ1n) is 8.85. The average Bonchev–Trinajstić information content (AvgIpc) is 2.69. The first kappa shape index (κ1) is 19.6. The van der Waals surface area contributed by atoms with Gasteiger partial charge in [0.2, 0.25) is 0 Å². The maximum Gasteiger partial charge on any atom is 0.339 e. The number of para-hydroxylation sites is 1. The maximum absolute atomic E-state index is 12.6. The van der Waals surface area contributed by atoms with E-state index in [1.54, 1.807) is 36.5 Å². The molecule has 5 nitrogen and oxygen atoms in total. The molecule has 0 aliphatic carbocycles. The van der Waals surface area contributed by atoms with Gasteiger partial charge in [0.15, 0.2) is 11.5 Å². The summed E-state index contributed by atoms with van der Waals surface area (Å²) in [7, 11) is -3.95. The number of rotatable bonds is 7. The molecule has 0 aliphatic heterocycles. The molecule has 0 aromatic heterocycles. The van der Waals surface area contributed by atoms with Crippen molar-refractivity contribution in [2.24, 2.45) is 4.99 Å². The lowest BCUT2D eigenvalue weighted by atomic mass is 10.2. The monoisotopic (exact) mass is 395 g/mol. The molecule has 0 saturated carbocycles. The second kappa shape index (κ2) is 8.71. The minimum Gasteiger partial charge on any atom is -0.490 e. The van der Waals surface area contributed by atoms with Gasteiger partial charge in [0.25, 0.3) is 0 Å². The smallest absolute Gasteiger partial charge is 0.339 e. The van der Waals surface area contributed by atoms with Crippen molar-refractivity contribution in [1.29, 1.82) is 0 Å². The van der Waals surface area contributed by atoms with Crippen LogP contribution in [0.3, 0.4) is 0 Å². The summed E-state index contributed by atoms with van der Waals surface area (Å²) in [5, 5.41) is 0. The van der Waals surface area contributed by atoms with E-state index in [0.29, 0.717) is 12.4 Å². The quantitative estimate of drug-likeness (QED) is 0.421. The Balaban J connectivity index is 1.86. The summed E-state index contributed by atoms with van der Waals surface area (Å²) in [4.78, 5) is 4.49. The van der Waals surface area contributed by atoms with Crippen LogP contribution >= 0.6 is 0 Å². The molecule has 0 bridgehead atoms. The van der Waals surface area contributed by atoms with Crippen molar-refractivity contribution in [3.8, 4) is 11.5 Å². The summed E-state index contributed by atoms with van der Waals surface area (Å²) in [5.41, 5.74) is 2.56. The zero-order valence-corrected chi connectivity index (χ0v) is 16.5. The number of hydrogen-bond acceptors (Lipinski definition) is 5. The van der Waals surface area contributed by atoms with E-state index in [-0.39, 0.29) is 10.6 Å². The lowest BCUT2D eigenvalue weighted by Gasteiger charge is -2.12. The average molecular weight is 395 g/mol. The van der Waals surface area contributed by atoms with E-state index in [9.17, 15) is 8.42 Å². The predicted molar refractivity (Wildman–Crippen MR) is 110 cm³/mol. The molecule has 3 rings (SSSR count). The van der Waals surface area contributed by atoms with Gasteiger partial charge < -0.3 is 8.92 Å². The van der Waals surface area contributed by atoms with Crippen molar-refractivity contribution >= 4 is 22.0 Å². The minimum atomic E-state index is -3.95. The highest BCUT2D eigenvalue weighted by molar-refractivity contribution is 7.87. The van der Waals surface area contributed by atoms with E-state index in [2.05, 4.69) is 4.99 Å². The Morgan fingerprint density at radius 2 is 1.64 bits per heavy atom. The largest absolute Gasteiger partial charge is 0.490 e. The summed E-state index contributed by atoms with van der Waals surface area (Å²) >= 11 is 0. The van der Waals surface area contributed by atoms with Gasteiger partial charge >= 0.3 is 10.1 Å². The first-order chi connectivity index (χ1) is 13.5. The molecule has 0 fully saturated rings. The highest BCUT2D eigenvalue weighted by atomic mass is 32.2. The molecule has 0 unspecified atom stereocenters. The lowest BCUT2D eigenvalue weighted by Crippen LogP contribution is -2.11. The Bertz CT molecular complexity index is 1060. The number of aryl methyl sites for hydroxylation is 1. The van der Waals surface area contributed by atoms with Crippen molar-refractivity contribution in [2.45, 2.75) is 18.7 Å². The highest BCUT2D eigenvalue weighted by Crippen LogP contribution is 2.31. The summed E-state index contributed by atoms with van der Waals surface area (Å²) in [6.07, 6.45) is 1.69. The van der Waals surface area contributed by atoms with Gasteiger partial charge in [0, 0.05) is 6.21 Å². The van der Waals surface area contributed by atoms with Gasteiger partial charge in [-0.1, -0.05) is 35.9 Å². The molecule has 0 aliphatic rings. The third-order valence-electron chi connectivity index (χ3n) is 3.90. The van der Waals surface area contributed by atoms with E-state index in [1.165, 1.54) is 12.1 Å². The molecule has 0 radical (unpaired) electrons. The Morgan fingerprint density at radius 1 is 0.929 bits per heavy atom. The molecule has 0 spiro atoms. The Hall–Kier alpha value is -3.12. The van der Waals surface area contributed by atoms with Crippen molar-refractivity contribution in [1.82, 2.24) is 0 Å². The van der Waals surface area contributed by atoms with Crippen molar-refractivity contribution in [2.75, 3.05) is 6.61 Å². The molecule has 0 heterocycles. The lowest BCUT2D eigenvalue weighted by molar-refractivity contribution is 0.327. The number of ether oxygens (including phenoxy) is 1. The van der Waals surface area contributed by atoms with E-state index in [4.69, 9.17) is 8.92 Å². The van der Waals surface area contributed by atoms with E-state index < -0.39 is 10.1 Å². The van der Waals surface area contributed by atoms with E-state index in [0.717, 1.165) is 16.8 Å². The van der Waals surface area contributed by atoms with E-state index >= 15 is 0 Å². The van der Waals surface area contributed by atoms with Crippen molar-refractivity contribution < 1.29 is 17.3 Å². The number of aliphatic imine (C=N–C) groups is 1. The van der Waals surface area contributed by atoms with Crippen LogP contribution in [0.15, 0.2) is 82.7 Å². The molecule has 0 amide bonds. The van der Waals surface area contributed by atoms with Crippen LogP contribution in [0.5, 0.6) is 11.5 Å². The third-order valence-corrected chi connectivity index (χ3v) is 5.14. The molecular formula is C22H21NO4S. The van der Waals surface area contributed by atoms with E-state index in [1.807, 2.05) is 44.2 Å². The summed E-state index contributed by atoms with van der Waals surface area (Å²) < 4.78 is 36.0. The molecule has 6 heteroatoms. The zero-order chi connectivity index (χ0) is 20.0. The second-order valence-corrected chi connectivity index (χ2v) is 7.63. The highest BCUT2D eigenvalue weighted by Gasteiger charge is 2.19. The van der Waals surface area contributed by atoms with Crippen LogP contribution in [0.2, 0.25) is 0 Å². The predicted octanol–water partition coefficient (Wildman–Crippen LogP) is 4.91. The van der Waals surface area contributed by atoms with Crippen LogP contribution in [0.4, 0.5) is 5.69 Å². The normalized spacial score (nSPS) is 11.5. The fourth-order valence-electron chi connectivity index (χ4n) is 2.48. The molecule has 3 aromatic carbocycles. The molecule has 0 saturated heterocycles. The van der Waals surface area contributed by atoms with Crippen LogP contribution in [0.25, 0.3) is 0 Å². The van der Waals surface area contributed by atoms with Crippen molar-refractivity contribution in [3.05, 3.63) is 83.9 Å². The summed E-state index contributed by atoms with van der Waals surface area (Å²) in [5.74, 6) is 0.481. The molecule has 144 valence electrons. The molecule has 0 atom stereocenters. The molecule has 28 heavy (non-hydrogen) atoms. The first-order valence-corrected chi connectivity index (χ1v) is 10.3. The van der Waals surface area contributed by atoms with Crippen LogP contribution in [0, 0.1) is 6.92 Å². The molecular weight excluding hydrogens is 374 g/mol.